The molecule has 0 aliphatic rings. The fraction of sp³-hybridized carbons (Fsp3) is 0.300. The second kappa shape index (κ2) is 5.23. The zero-order valence-electron chi connectivity index (χ0n) is 7.76. The maximum atomic E-state index is 11.4. The Morgan fingerprint density at radius 2 is 2.14 bits per heavy atom. The van der Waals surface area contributed by atoms with Crippen molar-refractivity contribution in [3.05, 3.63) is 34.9 Å². The number of hydrogen-bond donors (Lipinski definition) is 1. The molecule has 4 heteroatoms. The molecule has 1 atom stereocenters. The van der Waals surface area contributed by atoms with Crippen molar-refractivity contribution in [2.45, 2.75) is 12.3 Å². The minimum atomic E-state index is -0.719. The lowest BCUT2D eigenvalue weighted by molar-refractivity contribution is -0.120. The van der Waals surface area contributed by atoms with Crippen LogP contribution in [0.2, 0.25) is 5.02 Å². The van der Waals surface area contributed by atoms with E-state index in [4.69, 9.17) is 23.2 Å². The summed E-state index contributed by atoms with van der Waals surface area (Å²) in [5.41, 5.74) is 0.641. The van der Waals surface area contributed by atoms with Crippen LogP contribution in [0.3, 0.4) is 0 Å². The number of hydrogen-bond acceptors (Lipinski definition) is 1. The molecule has 0 aliphatic heterocycles. The van der Waals surface area contributed by atoms with Crippen molar-refractivity contribution in [2.24, 2.45) is 0 Å². The fourth-order valence-corrected chi connectivity index (χ4v) is 1.65. The van der Waals surface area contributed by atoms with Crippen LogP contribution in [0.4, 0.5) is 0 Å². The summed E-state index contributed by atoms with van der Waals surface area (Å²) in [4.78, 5) is 11.4. The Morgan fingerprint density at radius 3 is 2.71 bits per heavy atom. The van der Waals surface area contributed by atoms with Gasteiger partial charge in [-0.1, -0.05) is 29.8 Å². The van der Waals surface area contributed by atoms with E-state index in [0.29, 0.717) is 17.1 Å². The topological polar surface area (TPSA) is 29.1 Å². The molecule has 1 rings (SSSR count). The van der Waals surface area contributed by atoms with E-state index in [0.717, 1.165) is 0 Å². The zero-order chi connectivity index (χ0) is 10.6. The fourth-order valence-electron chi connectivity index (χ4n) is 1.09. The van der Waals surface area contributed by atoms with Crippen molar-refractivity contribution in [3.8, 4) is 0 Å². The molecule has 1 amide bonds. The zero-order valence-corrected chi connectivity index (χ0v) is 9.27. The molecule has 0 saturated heterocycles. The van der Waals surface area contributed by atoms with Gasteiger partial charge in [0.15, 0.2) is 0 Å². The highest BCUT2D eigenvalue weighted by atomic mass is 35.5. The van der Waals surface area contributed by atoms with E-state index in [1.165, 1.54) is 0 Å². The van der Waals surface area contributed by atoms with Gasteiger partial charge in [0, 0.05) is 11.6 Å². The third-order valence-corrected chi connectivity index (χ3v) is 2.54. The maximum Gasteiger partial charge on any atom is 0.242 e. The molecule has 0 aromatic heterocycles. The van der Waals surface area contributed by atoms with Crippen molar-refractivity contribution < 1.29 is 4.79 Å². The van der Waals surface area contributed by atoms with Gasteiger partial charge in [0.05, 0.1) is 0 Å². The van der Waals surface area contributed by atoms with Gasteiger partial charge in [0.2, 0.25) is 5.91 Å². The lowest BCUT2D eigenvalue weighted by atomic mass is 10.1. The Kier molecular flexibility index (Phi) is 4.23. The molecule has 0 bridgehead atoms. The van der Waals surface area contributed by atoms with Gasteiger partial charge in [-0.05, 0) is 18.6 Å². The van der Waals surface area contributed by atoms with Crippen molar-refractivity contribution in [3.63, 3.8) is 0 Å². The van der Waals surface area contributed by atoms with E-state index in [2.05, 4.69) is 5.32 Å². The Balaban J connectivity index is 2.84. The van der Waals surface area contributed by atoms with E-state index in [1.807, 2.05) is 6.92 Å². The molecule has 1 N–H and O–H groups in total. The number of likely N-dealkylation sites (N-methyl/N-ethyl adjacent to an activating group) is 1. The van der Waals surface area contributed by atoms with Gasteiger partial charge in [-0.2, -0.15) is 0 Å². The average molecular weight is 232 g/mol. The Bertz CT molecular complexity index is 328. The van der Waals surface area contributed by atoms with Crippen molar-refractivity contribution in [1.29, 1.82) is 0 Å². The summed E-state index contributed by atoms with van der Waals surface area (Å²) >= 11 is 11.8. The largest absolute Gasteiger partial charge is 0.355 e. The molecule has 0 radical (unpaired) electrons. The van der Waals surface area contributed by atoms with Gasteiger partial charge in [-0.15, -0.1) is 11.6 Å². The first-order valence-electron chi connectivity index (χ1n) is 4.33. The second-order valence-corrected chi connectivity index (χ2v) is 3.62. The molecular weight excluding hydrogens is 221 g/mol. The first-order chi connectivity index (χ1) is 6.66. The van der Waals surface area contributed by atoms with Crippen molar-refractivity contribution in [2.75, 3.05) is 6.54 Å². The summed E-state index contributed by atoms with van der Waals surface area (Å²) in [6, 6.07) is 7.06. The van der Waals surface area contributed by atoms with Gasteiger partial charge in [-0.3, -0.25) is 4.79 Å². The standard InChI is InChI=1S/C10H11Cl2NO/c1-2-13-10(14)9(12)7-5-3-4-6-8(7)11/h3-6,9H,2H2,1H3,(H,13,14). The van der Waals surface area contributed by atoms with Gasteiger partial charge >= 0.3 is 0 Å². The molecule has 1 unspecified atom stereocenters. The summed E-state index contributed by atoms with van der Waals surface area (Å²) in [5.74, 6) is -0.220. The van der Waals surface area contributed by atoms with E-state index in [9.17, 15) is 4.79 Å². The lowest BCUT2D eigenvalue weighted by Crippen LogP contribution is -2.26. The Labute approximate surface area is 93.2 Å². The molecule has 1 aromatic rings. The third kappa shape index (κ3) is 2.63. The predicted molar refractivity (Wildman–Crippen MR) is 58.7 cm³/mol. The molecule has 1 aromatic carbocycles. The highest BCUT2D eigenvalue weighted by molar-refractivity contribution is 6.35. The Hall–Kier alpha value is -0.730. The van der Waals surface area contributed by atoms with Gasteiger partial charge in [0.1, 0.15) is 5.38 Å². The Morgan fingerprint density at radius 1 is 1.50 bits per heavy atom. The number of benzene rings is 1. The van der Waals surface area contributed by atoms with E-state index >= 15 is 0 Å². The number of carbonyl (C=O) groups excluding carboxylic acids is 1. The van der Waals surface area contributed by atoms with Crippen LogP contribution < -0.4 is 5.32 Å². The average Bonchev–Trinajstić information content (AvgIpc) is 2.18. The number of amides is 1. The summed E-state index contributed by atoms with van der Waals surface area (Å²) in [7, 11) is 0. The van der Waals surface area contributed by atoms with Crippen LogP contribution in [0.1, 0.15) is 17.9 Å². The number of rotatable bonds is 3. The van der Waals surface area contributed by atoms with Crippen molar-refractivity contribution in [1.82, 2.24) is 5.32 Å². The van der Waals surface area contributed by atoms with Gasteiger partial charge in [-0.25, -0.2) is 0 Å². The molecular formula is C10H11Cl2NO. The van der Waals surface area contributed by atoms with E-state index in [1.54, 1.807) is 24.3 Å². The summed E-state index contributed by atoms with van der Waals surface area (Å²) in [5, 5.41) is 2.44. The minimum absolute atomic E-state index is 0.220. The van der Waals surface area contributed by atoms with Crippen LogP contribution in [0.5, 0.6) is 0 Å². The van der Waals surface area contributed by atoms with Crippen LogP contribution in [-0.2, 0) is 4.79 Å². The van der Waals surface area contributed by atoms with Crippen LogP contribution in [-0.4, -0.2) is 12.5 Å². The molecule has 0 fully saturated rings. The quantitative estimate of drug-likeness (QED) is 0.797. The number of nitrogens with one attached hydrogen (secondary N) is 1. The number of alkyl halides is 1. The summed E-state index contributed by atoms with van der Waals surface area (Å²) in [6.07, 6.45) is 0. The molecule has 0 spiro atoms. The van der Waals surface area contributed by atoms with E-state index < -0.39 is 5.38 Å². The molecule has 0 saturated carbocycles. The molecule has 2 nitrogen and oxygen atoms in total. The lowest BCUT2D eigenvalue weighted by Gasteiger charge is -2.10. The third-order valence-electron chi connectivity index (χ3n) is 1.76. The summed E-state index contributed by atoms with van der Waals surface area (Å²) < 4.78 is 0. The molecule has 14 heavy (non-hydrogen) atoms. The molecule has 0 heterocycles. The number of carbonyl (C=O) groups is 1. The monoisotopic (exact) mass is 231 g/mol. The second-order valence-electron chi connectivity index (χ2n) is 2.78. The van der Waals surface area contributed by atoms with Crippen LogP contribution in [0, 0.1) is 0 Å². The smallest absolute Gasteiger partial charge is 0.242 e. The SMILES string of the molecule is CCNC(=O)C(Cl)c1ccccc1Cl. The van der Waals surface area contributed by atoms with Gasteiger partial charge in [0.25, 0.3) is 0 Å². The van der Waals surface area contributed by atoms with Crippen LogP contribution in [0.25, 0.3) is 0 Å². The minimum Gasteiger partial charge on any atom is -0.355 e. The van der Waals surface area contributed by atoms with Crippen LogP contribution in [0.15, 0.2) is 24.3 Å². The predicted octanol–water partition coefficient (Wildman–Crippen LogP) is 2.76. The van der Waals surface area contributed by atoms with Crippen LogP contribution >= 0.6 is 23.2 Å². The van der Waals surface area contributed by atoms with E-state index in [-0.39, 0.29) is 5.91 Å². The highest BCUT2D eigenvalue weighted by Gasteiger charge is 2.18. The van der Waals surface area contributed by atoms with Crippen molar-refractivity contribution >= 4 is 29.1 Å². The van der Waals surface area contributed by atoms with Gasteiger partial charge < -0.3 is 5.32 Å². The maximum absolute atomic E-state index is 11.4. The normalized spacial score (nSPS) is 12.2. The number of halogens is 2. The molecule has 0 aliphatic carbocycles. The highest BCUT2D eigenvalue weighted by Crippen LogP contribution is 2.27. The molecule has 76 valence electrons. The summed E-state index contributed by atoms with van der Waals surface area (Å²) in [6.45, 7) is 2.40. The first-order valence-corrected chi connectivity index (χ1v) is 5.14. The first kappa shape index (κ1) is 11.3.